The van der Waals surface area contributed by atoms with Crippen LogP contribution in [-0.4, -0.2) is 14.5 Å². The van der Waals surface area contributed by atoms with Gasteiger partial charge in [-0.05, 0) is 54.3 Å². The van der Waals surface area contributed by atoms with Crippen molar-refractivity contribution in [1.82, 2.24) is 14.5 Å². The number of hydrogen-bond donors (Lipinski definition) is 0. The lowest BCUT2D eigenvalue weighted by Crippen LogP contribution is -2.03. The zero-order valence-electron chi connectivity index (χ0n) is 22.8. The summed E-state index contributed by atoms with van der Waals surface area (Å²) in [5.74, 6) is 1.62. The number of nitrogens with zero attached hydrogens (tertiary/aromatic N) is 3. The summed E-state index contributed by atoms with van der Waals surface area (Å²) in [5, 5.41) is 4.45. The van der Waals surface area contributed by atoms with Crippen LogP contribution in [0.5, 0.6) is 0 Å². The molecule has 0 amide bonds. The second kappa shape index (κ2) is 9.02. The molecule has 0 unspecified atom stereocenters. The third-order valence-electron chi connectivity index (χ3n) is 8.50. The van der Waals surface area contributed by atoms with Gasteiger partial charge in [0.15, 0.2) is 0 Å². The van der Waals surface area contributed by atoms with Crippen molar-refractivity contribution in [3.63, 3.8) is 0 Å². The average Bonchev–Trinajstić information content (AvgIpc) is 3.60. The lowest BCUT2D eigenvalue weighted by molar-refractivity contribution is 0.598. The number of furan rings is 1. The summed E-state index contributed by atoms with van der Waals surface area (Å²) >= 11 is 0. The van der Waals surface area contributed by atoms with Crippen molar-refractivity contribution in [3.05, 3.63) is 133 Å². The predicted octanol–water partition coefficient (Wildman–Crippen LogP) is 9.77. The fourth-order valence-electron chi connectivity index (χ4n) is 6.54. The smallest absolute Gasteiger partial charge is 0.235 e. The van der Waals surface area contributed by atoms with Gasteiger partial charge in [0.25, 0.3) is 0 Å². The highest BCUT2D eigenvalue weighted by Gasteiger charge is 2.23. The average molecular weight is 540 g/mol. The van der Waals surface area contributed by atoms with Crippen molar-refractivity contribution < 1.29 is 4.42 Å². The molecule has 0 radical (unpaired) electrons. The van der Waals surface area contributed by atoms with Crippen molar-refractivity contribution >= 4 is 49.8 Å². The first kappa shape index (κ1) is 23.2. The first-order valence-electron chi connectivity index (χ1n) is 14.4. The molecular weight excluding hydrogens is 514 g/mol. The Morgan fingerprint density at radius 1 is 0.619 bits per heavy atom. The van der Waals surface area contributed by atoms with E-state index in [4.69, 9.17) is 14.4 Å². The predicted molar refractivity (Wildman–Crippen MR) is 172 cm³/mol. The maximum atomic E-state index is 6.60. The zero-order valence-corrected chi connectivity index (χ0v) is 22.8. The molecule has 0 fully saturated rings. The van der Waals surface area contributed by atoms with Gasteiger partial charge in [0.05, 0.1) is 27.6 Å². The molecule has 0 atom stereocenters. The van der Waals surface area contributed by atoms with Gasteiger partial charge >= 0.3 is 0 Å². The number of para-hydroxylation sites is 1. The Kier molecular flexibility index (Phi) is 4.99. The Balaban J connectivity index is 1.42. The fourth-order valence-corrected chi connectivity index (χ4v) is 6.54. The molecule has 1 aliphatic carbocycles. The summed E-state index contributed by atoms with van der Waals surface area (Å²) in [6.45, 7) is 0. The van der Waals surface area contributed by atoms with E-state index in [1.165, 1.54) is 16.5 Å². The van der Waals surface area contributed by atoms with Gasteiger partial charge in [0.2, 0.25) is 5.95 Å². The minimum atomic E-state index is 0.647. The van der Waals surface area contributed by atoms with Gasteiger partial charge in [-0.3, -0.25) is 4.57 Å². The number of aryl methyl sites for hydroxylation is 1. The number of fused-ring (bicyclic) bond motifs is 8. The van der Waals surface area contributed by atoms with Crippen molar-refractivity contribution in [2.24, 2.45) is 0 Å². The van der Waals surface area contributed by atoms with Crippen molar-refractivity contribution in [1.29, 1.82) is 0 Å². The van der Waals surface area contributed by atoms with E-state index in [0.29, 0.717) is 5.95 Å². The number of rotatable bonds is 3. The fraction of sp³-hybridized carbons (Fsp3) is 0.0526. The van der Waals surface area contributed by atoms with Crippen molar-refractivity contribution in [2.75, 3.05) is 0 Å². The minimum Gasteiger partial charge on any atom is -0.456 e. The van der Waals surface area contributed by atoms with Crippen LogP contribution in [0.1, 0.15) is 17.7 Å². The maximum Gasteiger partial charge on any atom is 0.235 e. The number of benzene rings is 5. The van der Waals surface area contributed by atoms with E-state index in [2.05, 4.69) is 114 Å². The van der Waals surface area contributed by atoms with E-state index in [-0.39, 0.29) is 0 Å². The number of hydrogen-bond acceptors (Lipinski definition) is 3. The Morgan fingerprint density at radius 2 is 1.38 bits per heavy atom. The minimum absolute atomic E-state index is 0.647. The Bertz CT molecular complexity index is 2340. The highest BCUT2D eigenvalue weighted by Crippen LogP contribution is 2.42. The Labute approximate surface area is 242 Å². The second-order valence-electron chi connectivity index (χ2n) is 10.9. The van der Waals surface area contributed by atoms with Crippen LogP contribution < -0.4 is 0 Å². The molecule has 0 aliphatic heterocycles. The summed E-state index contributed by atoms with van der Waals surface area (Å²) in [4.78, 5) is 10.4. The molecule has 4 nitrogen and oxygen atoms in total. The van der Waals surface area contributed by atoms with Gasteiger partial charge in [-0.15, -0.1) is 0 Å². The molecule has 5 aromatic carbocycles. The number of allylic oxidation sites excluding steroid dienone is 1. The molecule has 42 heavy (non-hydrogen) atoms. The first-order chi connectivity index (χ1) is 20.8. The van der Waals surface area contributed by atoms with Crippen LogP contribution in [0.2, 0.25) is 0 Å². The second-order valence-corrected chi connectivity index (χ2v) is 10.9. The summed E-state index contributed by atoms with van der Waals surface area (Å²) in [6.07, 6.45) is 6.35. The molecule has 9 rings (SSSR count). The van der Waals surface area contributed by atoms with Crippen LogP contribution >= 0.6 is 0 Å². The zero-order chi connectivity index (χ0) is 27.6. The molecule has 0 bridgehead atoms. The van der Waals surface area contributed by atoms with Crippen molar-refractivity contribution in [2.45, 2.75) is 12.8 Å². The van der Waals surface area contributed by atoms with Gasteiger partial charge < -0.3 is 4.42 Å². The van der Waals surface area contributed by atoms with Crippen LogP contribution in [0.4, 0.5) is 0 Å². The maximum absolute atomic E-state index is 6.60. The van der Waals surface area contributed by atoms with Crippen LogP contribution in [-0.2, 0) is 6.42 Å². The van der Waals surface area contributed by atoms with Crippen LogP contribution in [0.3, 0.4) is 0 Å². The van der Waals surface area contributed by atoms with Crippen LogP contribution in [0, 0.1) is 0 Å². The van der Waals surface area contributed by atoms with E-state index in [1.807, 2.05) is 18.2 Å². The van der Waals surface area contributed by atoms with Crippen LogP contribution in [0.25, 0.3) is 78.1 Å². The highest BCUT2D eigenvalue weighted by molar-refractivity contribution is 6.20. The molecule has 3 aromatic heterocycles. The van der Waals surface area contributed by atoms with Gasteiger partial charge in [0.1, 0.15) is 11.3 Å². The van der Waals surface area contributed by atoms with Gasteiger partial charge in [0, 0.05) is 27.3 Å². The topological polar surface area (TPSA) is 43.9 Å². The Morgan fingerprint density at radius 3 is 2.24 bits per heavy atom. The summed E-state index contributed by atoms with van der Waals surface area (Å²) in [7, 11) is 0. The molecule has 4 heteroatoms. The van der Waals surface area contributed by atoms with E-state index in [0.717, 1.165) is 73.7 Å². The van der Waals surface area contributed by atoms with E-state index >= 15 is 0 Å². The third kappa shape index (κ3) is 3.42. The summed E-state index contributed by atoms with van der Waals surface area (Å²) in [5.41, 5.74) is 9.54. The van der Waals surface area contributed by atoms with E-state index < -0.39 is 0 Å². The highest BCUT2D eigenvalue weighted by atomic mass is 16.3. The van der Waals surface area contributed by atoms with Gasteiger partial charge in [-0.25, -0.2) is 9.97 Å². The van der Waals surface area contributed by atoms with E-state index in [9.17, 15) is 0 Å². The molecule has 0 N–H and O–H groups in total. The van der Waals surface area contributed by atoms with Gasteiger partial charge in [-0.2, -0.15) is 0 Å². The lowest BCUT2D eigenvalue weighted by atomic mass is 9.99. The van der Waals surface area contributed by atoms with Crippen molar-refractivity contribution in [3.8, 4) is 28.3 Å². The molecule has 3 heterocycles. The standard InChI is InChI=1S/C38H25N3O/c1-3-11-24(12-4-1)26-19-20-30-33(23-26)41(32-22-21-28-27-15-8-10-18-34(27)42-37(28)35(30)32)38-39-31-17-9-7-16-29(31)36(40-38)25-13-5-2-6-14-25/h1-7,9-14,16-23H,8,15H2. The Hall–Kier alpha value is -5.48. The van der Waals surface area contributed by atoms with Gasteiger partial charge in [-0.1, -0.05) is 97.1 Å². The first-order valence-corrected chi connectivity index (χ1v) is 14.4. The molecular formula is C38H25N3O. The summed E-state index contributed by atoms with van der Waals surface area (Å²) < 4.78 is 8.81. The molecule has 0 saturated heterocycles. The summed E-state index contributed by atoms with van der Waals surface area (Å²) in [6, 6.07) is 40.3. The quantitative estimate of drug-likeness (QED) is 0.224. The largest absolute Gasteiger partial charge is 0.456 e. The molecule has 1 aliphatic rings. The lowest BCUT2D eigenvalue weighted by Gasteiger charge is -2.12. The molecule has 198 valence electrons. The van der Waals surface area contributed by atoms with E-state index in [1.54, 1.807) is 0 Å². The normalized spacial score (nSPS) is 13.0. The van der Waals surface area contributed by atoms with Crippen LogP contribution in [0.15, 0.2) is 126 Å². The monoisotopic (exact) mass is 539 g/mol. The third-order valence-corrected chi connectivity index (χ3v) is 8.50. The molecule has 0 saturated carbocycles. The molecule has 0 spiro atoms. The SMILES string of the molecule is C1=Cc2oc3c(ccc4c3c3ccc(-c5ccccc5)cc3n4-c3nc(-c4ccccc4)c4ccccc4n3)c2CC1. The number of aromatic nitrogens is 3. The molecule has 8 aromatic rings.